The van der Waals surface area contributed by atoms with Gasteiger partial charge in [-0.3, -0.25) is 0 Å². The highest BCUT2D eigenvalue weighted by molar-refractivity contribution is 7.98. The molecule has 0 spiro atoms. The molecule has 0 amide bonds. The van der Waals surface area contributed by atoms with Crippen LogP contribution < -0.4 is 5.32 Å². The van der Waals surface area contributed by atoms with Crippen LogP contribution in [0.25, 0.3) is 0 Å². The van der Waals surface area contributed by atoms with E-state index in [2.05, 4.69) is 32.2 Å². The van der Waals surface area contributed by atoms with Gasteiger partial charge in [0.05, 0.1) is 18.8 Å². The third-order valence-electron chi connectivity index (χ3n) is 3.04. The van der Waals surface area contributed by atoms with Crippen LogP contribution in [0.5, 0.6) is 0 Å². The minimum Gasteiger partial charge on any atom is -0.377 e. The third kappa shape index (κ3) is 3.73. The molecule has 0 saturated heterocycles. The lowest BCUT2D eigenvalue weighted by Gasteiger charge is -2.18. The minimum absolute atomic E-state index is 0.302. The topological polar surface area (TPSA) is 21.3 Å². The molecule has 2 nitrogen and oxygen atoms in total. The zero-order valence-electron chi connectivity index (χ0n) is 11.5. The molecule has 0 aliphatic carbocycles. The van der Waals surface area contributed by atoms with Crippen molar-refractivity contribution in [3.63, 3.8) is 0 Å². The van der Waals surface area contributed by atoms with Crippen molar-refractivity contribution >= 4 is 23.1 Å². The SMILES string of the molecule is CCNC(COC(C)C)c1cc2c(s1)CCSC2. The molecule has 0 saturated carbocycles. The van der Waals surface area contributed by atoms with Gasteiger partial charge in [0.15, 0.2) is 0 Å². The number of ether oxygens (including phenoxy) is 1. The van der Waals surface area contributed by atoms with Gasteiger partial charge in [-0.05, 0) is 44.2 Å². The molecule has 1 aromatic heterocycles. The molecule has 1 aliphatic rings. The average molecular weight is 285 g/mol. The zero-order chi connectivity index (χ0) is 13.0. The van der Waals surface area contributed by atoms with Gasteiger partial charge < -0.3 is 10.1 Å². The van der Waals surface area contributed by atoms with Gasteiger partial charge in [0.25, 0.3) is 0 Å². The summed E-state index contributed by atoms with van der Waals surface area (Å²) in [5.41, 5.74) is 1.55. The number of likely N-dealkylation sites (N-methyl/N-ethyl adjacent to an activating group) is 1. The minimum atomic E-state index is 0.302. The molecule has 1 unspecified atom stereocenters. The molecular formula is C14H23NOS2. The first-order valence-corrected chi connectivity index (χ1v) is 8.72. The summed E-state index contributed by atoms with van der Waals surface area (Å²) in [5, 5.41) is 3.54. The first kappa shape index (κ1) is 14.4. The molecule has 1 atom stereocenters. The molecule has 0 bridgehead atoms. The summed E-state index contributed by atoms with van der Waals surface area (Å²) in [6, 6.07) is 2.75. The van der Waals surface area contributed by atoms with E-state index in [1.54, 1.807) is 10.4 Å². The Morgan fingerprint density at radius 1 is 1.44 bits per heavy atom. The van der Waals surface area contributed by atoms with Crippen molar-refractivity contribution in [3.05, 3.63) is 21.4 Å². The van der Waals surface area contributed by atoms with E-state index in [9.17, 15) is 0 Å². The Hall–Kier alpha value is -0.0300. The predicted octanol–water partition coefficient (Wildman–Crippen LogP) is 3.61. The Morgan fingerprint density at radius 2 is 2.28 bits per heavy atom. The molecule has 4 heteroatoms. The molecule has 0 fully saturated rings. The van der Waals surface area contributed by atoms with E-state index in [4.69, 9.17) is 4.74 Å². The highest BCUT2D eigenvalue weighted by atomic mass is 32.2. The highest BCUT2D eigenvalue weighted by Gasteiger charge is 2.19. The summed E-state index contributed by atoms with van der Waals surface area (Å²) in [6.45, 7) is 8.12. The van der Waals surface area contributed by atoms with Crippen LogP contribution in [0.3, 0.4) is 0 Å². The number of aryl methyl sites for hydroxylation is 1. The lowest BCUT2D eigenvalue weighted by molar-refractivity contribution is 0.0621. The van der Waals surface area contributed by atoms with Gasteiger partial charge in [-0.1, -0.05) is 6.92 Å². The van der Waals surface area contributed by atoms with Crippen molar-refractivity contribution in [2.75, 3.05) is 18.9 Å². The maximum atomic E-state index is 5.78. The van der Waals surface area contributed by atoms with Gasteiger partial charge in [0.2, 0.25) is 0 Å². The first-order valence-electron chi connectivity index (χ1n) is 6.75. The second-order valence-electron chi connectivity index (χ2n) is 4.89. The third-order valence-corrected chi connectivity index (χ3v) is 5.40. The standard InChI is InChI=1S/C14H23NOS2/c1-4-15-12(8-16-10(2)3)14-7-11-9-17-6-5-13(11)18-14/h7,10,12,15H,4-6,8-9H2,1-3H3. The Balaban J connectivity index is 2.06. The van der Waals surface area contributed by atoms with E-state index in [0.717, 1.165) is 13.2 Å². The summed E-state index contributed by atoms with van der Waals surface area (Å²) < 4.78 is 5.78. The summed E-state index contributed by atoms with van der Waals surface area (Å²) in [6.07, 6.45) is 1.55. The average Bonchev–Trinajstić information content (AvgIpc) is 2.77. The smallest absolute Gasteiger partial charge is 0.0672 e. The van der Waals surface area contributed by atoms with E-state index in [1.807, 2.05) is 23.1 Å². The van der Waals surface area contributed by atoms with Crippen LogP contribution in [0.4, 0.5) is 0 Å². The fourth-order valence-corrected chi connectivity index (χ4v) is 4.56. The summed E-state index contributed by atoms with van der Waals surface area (Å²) in [5.74, 6) is 2.47. The van der Waals surface area contributed by atoms with E-state index in [-0.39, 0.29) is 0 Å². The van der Waals surface area contributed by atoms with E-state index >= 15 is 0 Å². The Morgan fingerprint density at radius 3 is 2.94 bits per heavy atom. The maximum absolute atomic E-state index is 5.78. The Kier molecular flexibility index (Phi) is 5.55. The van der Waals surface area contributed by atoms with Crippen LogP contribution in [-0.2, 0) is 16.9 Å². The van der Waals surface area contributed by atoms with Crippen LogP contribution in [0.2, 0.25) is 0 Å². The van der Waals surface area contributed by atoms with E-state index < -0.39 is 0 Å². The number of hydrogen-bond acceptors (Lipinski definition) is 4. The molecule has 1 aliphatic heterocycles. The van der Waals surface area contributed by atoms with Crippen LogP contribution in [0.15, 0.2) is 6.07 Å². The van der Waals surface area contributed by atoms with Crippen molar-refractivity contribution < 1.29 is 4.74 Å². The van der Waals surface area contributed by atoms with Gasteiger partial charge in [-0.25, -0.2) is 0 Å². The van der Waals surface area contributed by atoms with Crippen molar-refractivity contribution in [1.82, 2.24) is 5.32 Å². The fourth-order valence-electron chi connectivity index (χ4n) is 2.12. The normalized spacial score (nSPS) is 16.9. The summed E-state index contributed by atoms with van der Waals surface area (Å²) in [7, 11) is 0. The van der Waals surface area contributed by atoms with Crippen LogP contribution in [-0.4, -0.2) is 25.0 Å². The molecule has 0 aromatic carbocycles. The van der Waals surface area contributed by atoms with E-state index in [0.29, 0.717) is 12.1 Å². The van der Waals surface area contributed by atoms with Gasteiger partial charge >= 0.3 is 0 Å². The van der Waals surface area contributed by atoms with Gasteiger partial charge in [0.1, 0.15) is 0 Å². The largest absolute Gasteiger partial charge is 0.377 e. The Labute approximate surface area is 119 Å². The number of nitrogens with one attached hydrogen (secondary N) is 1. The summed E-state index contributed by atoms with van der Waals surface area (Å²) in [4.78, 5) is 3.04. The van der Waals surface area contributed by atoms with Crippen LogP contribution in [0.1, 0.15) is 42.1 Å². The number of fused-ring (bicyclic) bond motifs is 1. The number of thioether (sulfide) groups is 1. The van der Waals surface area contributed by atoms with Crippen molar-refractivity contribution in [2.24, 2.45) is 0 Å². The van der Waals surface area contributed by atoms with Gasteiger partial charge in [-0.2, -0.15) is 11.8 Å². The van der Waals surface area contributed by atoms with Gasteiger partial charge in [-0.15, -0.1) is 11.3 Å². The number of hydrogen-bond donors (Lipinski definition) is 1. The quantitative estimate of drug-likeness (QED) is 0.862. The molecular weight excluding hydrogens is 262 g/mol. The van der Waals surface area contributed by atoms with E-state index in [1.165, 1.54) is 22.8 Å². The van der Waals surface area contributed by atoms with Crippen LogP contribution in [0, 0.1) is 0 Å². The van der Waals surface area contributed by atoms with Crippen molar-refractivity contribution in [3.8, 4) is 0 Å². The second-order valence-corrected chi connectivity index (χ2v) is 7.17. The lowest BCUT2D eigenvalue weighted by Crippen LogP contribution is -2.25. The molecule has 102 valence electrons. The molecule has 2 heterocycles. The van der Waals surface area contributed by atoms with Crippen LogP contribution >= 0.6 is 23.1 Å². The predicted molar refractivity (Wildman–Crippen MR) is 81.7 cm³/mol. The molecule has 18 heavy (non-hydrogen) atoms. The zero-order valence-corrected chi connectivity index (χ0v) is 13.1. The fraction of sp³-hybridized carbons (Fsp3) is 0.714. The number of thiophene rings is 1. The lowest BCUT2D eigenvalue weighted by atomic mass is 10.2. The Bertz CT molecular complexity index is 352. The van der Waals surface area contributed by atoms with Crippen molar-refractivity contribution in [2.45, 2.75) is 45.1 Å². The first-order chi connectivity index (χ1) is 8.70. The molecule has 0 radical (unpaired) electrons. The second kappa shape index (κ2) is 6.94. The number of rotatable bonds is 6. The summed E-state index contributed by atoms with van der Waals surface area (Å²) >= 11 is 4.03. The maximum Gasteiger partial charge on any atom is 0.0672 e. The molecule has 1 aromatic rings. The highest BCUT2D eigenvalue weighted by Crippen LogP contribution is 2.34. The molecule has 2 rings (SSSR count). The van der Waals surface area contributed by atoms with Gasteiger partial charge in [0, 0.05) is 15.5 Å². The van der Waals surface area contributed by atoms with Crippen molar-refractivity contribution in [1.29, 1.82) is 0 Å². The monoisotopic (exact) mass is 285 g/mol. The molecule has 1 N–H and O–H groups in total.